The van der Waals surface area contributed by atoms with Crippen LogP contribution in [-0.4, -0.2) is 57.0 Å². The van der Waals surface area contributed by atoms with Crippen molar-refractivity contribution in [1.29, 1.82) is 0 Å². The summed E-state index contributed by atoms with van der Waals surface area (Å²) in [4.78, 5) is 26.3. The standard InChI is InChI=1S/C18H24N4O4S/c1-4-25-17(24)13-6-5-8-22(10-13)15(23)11-27-18-20-19-16(21(18)3)14-7-9-26-12(14)2/h7,9,13H,4-6,8,10-11H2,1-3H3/t13-/m0/s1. The summed E-state index contributed by atoms with van der Waals surface area (Å²) in [7, 11) is 1.87. The van der Waals surface area contributed by atoms with E-state index in [0.717, 1.165) is 24.2 Å². The average Bonchev–Trinajstić information content (AvgIpc) is 3.25. The zero-order chi connectivity index (χ0) is 19.4. The maximum Gasteiger partial charge on any atom is 0.310 e. The zero-order valence-corrected chi connectivity index (χ0v) is 16.6. The van der Waals surface area contributed by atoms with Crippen molar-refractivity contribution >= 4 is 23.6 Å². The van der Waals surface area contributed by atoms with Crippen LogP contribution in [0.2, 0.25) is 0 Å². The first-order valence-corrected chi connectivity index (χ1v) is 10.0. The van der Waals surface area contributed by atoms with Crippen LogP contribution in [0.5, 0.6) is 0 Å². The molecule has 3 heterocycles. The summed E-state index contributed by atoms with van der Waals surface area (Å²) in [6.07, 6.45) is 3.20. The molecule has 3 rings (SSSR count). The van der Waals surface area contributed by atoms with Crippen LogP contribution in [0.25, 0.3) is 11.4 Å². The van der Waals surface area contributed by atoms with Crippen molar-refractivity contribution in [1.82, 2.24) is 19.7 Å². The summed E-state index contributed by atoms with van der Waals surface area (Å²) in [6, 6.07) is 1.85. The van der Waals surface area contributed by atoms with Gasteiger partial charge in [-0.15, -0.1) is 10.2 Å². The van der Waals surface area contributed by atoms with Crippen LogP contribution in [0.3, 0.4) is 0 Å². The normalized spacial score (nSPS) is 17.1. The van der Waals surface area contributed by atoms with Gasteiger partial charge in [-0.3, -0.25) is 9.59 Å². The number of carbonyl (C=O) groups is 2. The second kappa shape index (κ2) is 8.60. The van der Waals surface area contributed by atoms with Gasteiger partial charge >= 0.3 is 5.97 Å². The molecule has 1 aliphatic rings. The third-order valence-corrected chi connectivity index (χ3v) is 5.66. The quantitative estimate of drug-likeness (QED) is 0.550. The molecule has 8 nitrogen and oxygen atoms in total. The number of aryl methyl sites for hydroxylation is 1. The highest BCUT2D eigenvalue weighted by Gasteiger charge is 2.29. The molecule has 0 unspecified atom stereocenters. The molecular weight excluding hydrogens is 368 g/mol. The van der Waals surface area contributed by atoms with E-state index in [1.165, 1.54) is 11.8 Å². The number of aromatic nitrogens is 3. The maximum atomic E-state index is 12.6. The fourth-order valence-electron chi connectivity index (χ4n) is 3.17. The molecule has 2 aromatic rings. The molecular formula is C18H24N4O4S. The molecule has 0 radical (unpaired) electrons. The summed E-state index contributed by atoms with van der Waals surface area (Å²) in [5.74, 6) is 1.30. The minimum absolute atomic E-state index is 0.00181. The Morgan fingerprint density at radius 3 is 2.93 bits per heavy atom. The van der Waals surface area contributed by atoms with E-state index in [1.54, 1.807) is 18.1 Å². The van der Waals surface area contributed by atoms with Crippen molar-refractivity contribution in [2.24, 2.45) is 13.0 Å². The first kappa shape index (κ1) is 19.5. The summed E-state index contributed by atoms with van der Waals surface area (Å²) in [5, 5.41) is 9.06. The van der Waals surface area contributed by atoms with Crippen LogP contribution < -0.4 is 0 Å². The van der Waals surface area contributed by atoms with Crippen LogP contribution in [0.1, 0.15) is 25.5 Å². The lowest BCUT2D eigenvalue weighted by Gasteiger charge is -2.31. The van der Waals surface area contributed by atoms with Gasteiger partial charge in [-0.05, 0) is 32.8 Å². The topological polar surface area (TPSA) is 90.5 Å². The Morgan fingerprint density at radius 1 is 1.41 bits per heavy atom. The summed E-state index contributed by atoms with van der Waals surface area (Å²) < 4.78 is 12.3. The predicted octanol–water partition coefficient (Wildman–Crippen LogP) is 2.28. The monoisotopic (exact) mass is 392 g/mol. The summed E-state index contributed by atoms with van der Waals surface area (Å²) in [6.45, 7) is 5.13. The van der Waals surface area contributed by atoms with Crippen molar-refractivity contribution < 1.29 is 18.7 Å². The van der Waals surface area contributed by atoms with Gasteiger partial charge in [0.2, 0.25) is 5.91 Å². The van der Waals surface area contributed by atoms with Crippen molar-refractivity contribution in [3.63, 3.8) is 0 Å². The molecule has 0 aliphatic carbocycles. The van der Waals surface area contributed by atoms with Crippen molar-refractivity contribution in [3.8, 4) is 11.4 Å². The minimum atomic E-state index is -0.224. The number of nitrogens with zero attached hydrogens (tertiary/aromatic N) is 4. The molecule has 1 aliphatic heterocycles. The number of likely N-dealkylation sites (tertiary alicyclic amines) is 1. The lowest BCUT2D eigenvalue weighted by atomic mass is 9.98. The first-order chi connectivity index (χ1) is 13.0. The van der Waals surface area contributed by atoms with E-state index in [9.17, 15) is 9.59 Å². The fraction of sp³-hybridized carbons (Fsp3) is 0.556. The van der Waals surface area contributed by atoms with Crippen LogP contribution in [0.4, 0.5) is 0 Å². The predicted molar refractivity (Wildman–Crippen MR) is 100 cm³/mol. The number of esters is 1. The van der Waals surface area contributed by atoms with Gasteiger partial charge in [0, 0.05) is 20.1 Å². The Bertz CT molecular complexity index is 816. The highest BCUT2D eigenvalue weighted by atomic mass is 32.2. The third-order valence-electron chi connectivity index (χ3n) is 4.65. The number of ether oxygens (including phenoxy) is 1. The largest absolute Gasteiger partial charge is 0.469 e. The molecule has 0 N–H and O–H groups in total. The van der Waals surface area contributed by atoms with E-state index >= 15 is 0 Å². The third kappa shape index (κ3) is 4.35. The molecule has 1 atom stereocenters. The second-order valence-corrected chi connectivity index (χ2v) is 7.42. The zero-order valence-electron chi connectivity index (χ0n) is 15.8. The van der Waals surface area contributed by atoms with Gasteiger partial charge < -0.3 is 18.6 Å². The second-order valence-electron chi connectivity index (χ2n) is 6.48. The fourth-order valence-corrected chi connectivity index (χ4v) is 3.98. The van der Waals surface area contributed by atoms with Crippen molar-refractivity contribution in [2.75, 3.05) is 25.4 Å². The molecule has 1 amide bonds. The van der Waals surface area contributed by atoms with Crippen molar-refractivity contribution in [2.45, 2.75) is 31.8 Å². The number of rotatable bonds is 6. The molecule has 146 valence electrons. The molecule has 0 spiro atoms. The number of thioether (sulfide) groups is 1. The SMILES string of the molecule is CCOC(=O)[C@H]1CCCN(C(=O)CSc2nnc(-c3ccoc3C)n2C)C1. The average molecular weight is 392 g/mol. The Labute approximate surface area is 162 Å². The van der Waals surface area contributed by atoms with Gasteiger partial charge in [0.25, 0.3) is 0 Å². The van der Waals surface area contributed by atoms with Crippen LogP contribution in [0.15, 0.2) is 21.9 Å². The Kier molecular flexibility index (Phi) is 6.20. The summed E-state index contributed by atoms with van der Waals surface area (Å²) >= 11 is 1.34. The number of amides is 1. The first-order valence-electron chi connectivity index (χ1n) is 9.02. The molecule has 0 aromatic carbocycles. The van der Waals surface area contributed by atoms with Crippen LogP contribution >= 0.6 is 11.8 Å². The van der Waals surface area contributed by atoms with Gasteiger partial charge in [-0.2, -0.15) is 0 Å². The van der Waals surface area contributed by atoms with E-state index < -0.39 is 0 Å². The molecule has 1 fully saturated rings. The van der Waals surface area contributed by atoms with E-state index in [2.05, 4.69) is 10.2 Å². The van der Waals surface area contributed by atoms with E-state index in [-0.39, 0.29) is 23.5 Å². The van der Waals surface area contributed by atoms with Crippen LogP contribution in [0, 0.1) is 12.8 Å². The Balaban J connectivity index is 1.59. The number of hydrogen-bond donors (Lipinski definition) is 0. The molecule has 27 heavy (non-hydrogen) atoms. The van der Waals surface area contributed by atoms with E-state index in [0.29, 0.717) is 30.7 Å². The molecule has 9 heteroatoms. The molecule has 0 bridgehead atoms. The molecule has 0 saturated carbocycles. The Morgan fingerprint density at radius 2 is 2.22 bits per heavy atom. The number of piperidine rings is 1. The number of furan rings is 1. The smallest absolute Gasteiger partial charge is 0.310 e. The van der Waals surface area contributed by atoms with Crippen LogP contribution in [-0.2, 0) is 21.4 Å². The van der Waals surface area contributed by atoms with Crippen molar-refractivity contribution in [3.05, 3.63) is 18.1 Å². The number of carbonyl (C=O) groups excluding carboxylic acids is 2. The number of hydrogen-bond acceptors (Lipinski definition) is 7. The lowest BCUT2D eigenvalue weighted by Crippen LogP contribution is -2.43. The van der Waals surface area contributed by atoms with E-state index in [1.807, 2.05) is 24.6 Å². The van der Waals surface area contributed by atoms with Gasteiger partial charge in [-0.1, -0.05) is 11.8 Å². The highest BCUT2D eigenvalue weighted by molar-refractivity contribution is 7.99. The summed E-state index contributed by atoms with van der Waals surface area (Å²) in [5.41, 5.74) is 0.886. The molecule has 1 saturated heterocycles. The highest BCUT2D eigenvalue weighted by Crippen LogP contribution is 2.26. The van der Waals surface area contributed by atoms with Gasteiger partial charge in [0.15, 0.2) is 11.0 Å². The minimum Gasteiger partial charge on any atom is -0.469 e. The maximum absolute atomic E-state index is 12.6. The van der Waals surface area contributed by atoms with Gasteiger partial charge in [0.1, 0.15) is 5.76 Å². The van der Waals surface area contributed by atoms with Gasteiger partial charge in [-0.25, -0.2) is 0 Å². The van der Waals surface area contributed by atoms with Gasteiger partial charge in [0.05, 0.1) is 30.1 Å². The lowest BCUT2D eigenvalue weighted by molar-refractivity contribution is -0.151. The Hall–Kier alpha value is -2.29. The van der Waals surface area contributed by atoms with E-state index in [4.69, 9.17) is 9.15 Å². The molecule has 2 aromatic heterocycles.